The number of hydrogen-bond donors (Lipinski definition) is 1. The van der Waals surface area contributed by atoms with Crippen LogP contribution in [0.4, 0.5) is 11.4 Å². The molecule has 1 aliphatic rings. The Bertz CT molecular complexity index is 866. The number of aromatic nitrogens is 1. The molecule has 0 unspecified atom stereocenters. The number of carbonyl (C=O) groups excluding carboxylic acids is 2. The second kappa shape index (κ2) is 8.47. The number of hydrogen-bond acceptors (Lipinski definition) is 5. The maximum atomic E-state index is 12.7. The number of pyridine rings is 1. The Balaban J connectivity index is 1.55. The highest BCUT2D eigenvalue weighted by Gasteiger charge is 2.26. The van der Waals surface area contributed by atoms with Crippen molar-refractivity contribution in [3.63, 3.8) is 0 Å². The van der Waals surface area contributed by atoms with Crippen LogP contribution < -0.4 is 15.2 Å². The van der Waals surface area contributed by atoms with Gasteiger partial charge in [0, 0.05) is 61.7 Å². The quantitative estimate of drug-likeness (QED) is 0.608. The number of carbonyl (C=O) groups is 2. The number of aromatic amines is 1. The van der Waals surface area contributed by atoms with Crippen molar-refractivity contribution in [2.24, 2.45) is 0 Å². The molecule has 2 heterocycles. The van der Waals surface area contributed by atoms with Gasteiger partial charge in [-0.1, -0.05) is 6.07 Å². The highest BCUT2D eigenvalue weighted by molar-refractivity contribution is 5.97. The minimum absolute atomic E-state index is 0.152. The Morgan fingerprint density at radius 2 is 1.82 bits per heavy atom. The average Bonchev–Trinajstić information content (AvgIpc) is 2.74. The minimum atomic E-state index is -0.718. The molecule has 9 nitrogen and oxygen atoms in total. The lowest BCUT2D eigenvalue weighted by Crippen LogP contribution is -2.54. The number of piperazine rings is 1. The molecule has 2 amide bonds. The van der Waals surface area contributed by atoms with Crippen molar-refractivity contribution in [2.75, 3.05) is 31.1 Å². The van der Waals surface area contributed by atoms with Crippen LogP contribution in [0.3, 0.4) is 0 Å². The van der Waals surface area contributed by atoms with Gasteiger partial charge in [0.05, 0.1) is 4.92 Å². The summed E-state index contributed by atoms with van der Waals surface area (Å²) in [4.78, 5) is 42.2. The topological polar surface area (TPSA) is 110 Å². The van der Waals surface area contributed by atoms with E-state index in [-0.39, 0.29) is 17.2 Å². The largest absolute Gasteiger partial charge is 0.368 e. The number of nitrogens with one attached hydrogen (secondary N) is 2. The first-order valence-electron chi connectivity index (χ1n) is 9.01. The Morgan fingerprint density at radius 3 is 2.46 bits per heavy atom. The first-order chi connectivity index (χ1) is 13.5. The van der Waals surface area contributed by atoms with Crippen molar-refractivity contribution in [1.82, 2.24) is 10.2 Å². The van der Waals surface area contributed by atoms with Gasteiger partial charge in [-0.2, -0.15) is 0 Å². The summed E-state index contributed by atoms with van der Waals surface area (Å²) in [5.41, 5.74) is 1.08. The number of amides is 2. The van der Waals surface area contributed by atoms with E-state index in [1.165, 1.54) is 24.3 Å². The van der Waals surface area contributed by atoms with Crippen LogP contribution in [0.5, 0.6) is 0 Å². The summed E-state index contributed by atoms with van der Waals surface area (Å²) in [6.45, 7) is 4.17. The lowest BCUT2D eigenvalue weighted by molar-refractivity contribution is -0.384. The monoisotopic (exact) mass is 384 g/mol. The van der Waals surface area contributed by atoms with Crippen LogP contribution in [0.2, 0.25) is 0 Å². The number of rotatable bonds is 5. The Kier molecular flexibility index (Phi) is 5.83. The lowest BCUT2D eigenvalue weighted by Gasteiger charge is -2.37. The number of non-ortho nitro benzene ring substituents is 1. The molecule has 0 saturated carbocycles. The summed E-state index contributed by atoms with van der Waals surface area (Å²) in [7, 11) is 0. The summed E-state index contributed by atoms with van der Waals surface area (Å²) in [6, 6.07) is 8.69. The number of nitro benzene ring substituents is 1. The third-order valence-electron chi connectivity index (χ3n) is 4.69. The lowest BCUT2D eigenvalue weighted by atomic mass is 10.1. The molecule has 1 saturated heterocycles. The van der Waals surface area contributed by atoms with Crippen molar-refractivity contribution in [1.29, 1.82) is 0 Å². The van der Waals surface area contributed by atoms with Crippen LogP contribution in [-0.2, 0) is 4.79 Å². The zero-order valence-electron chi connectivity index (χ0n) is 15.5. The highest BCUT2D eigenvalue weighted by Crippen LogP contribution is 2.15. The highest BCUT2D eigenvalue weighted by atomic mass is 16.6. The predicted molar refractivity (Wildman–Crippen MR) is 102 cm³/mol. The van der Waals surface area contributed by atoms with Crippen molar-refractivity contribution in [3.05, 3.63) is 64.5 Å². The van der Waals surface area contributed by atoms with Crippen molar-refractivity contribution in [2.45, 2.75) is 13.0 Å². The van der Waals surface area contributed by atoms with Crippen molar-refractivity contribution in [3.8, 4) is 0 Å². The molecule has 1 aromatic carbocycles. The molecule has 0 radical (unpaired) electrons. The van der Waals surface area contributed by atoms with Gasteiger partial charge in [0.2, 0.25) is 5.91 Å². The molecule has 146 valence electrons. The van der Waals surface area contributed by atoms with Gasteiger partial charge < -0.3 is 15.1 Å². The number of benzene rings is 1. The zero-order valence-corrected chi connectivity index (χ0v) is 15.5. The van der Waals surface area contributed by atoms with Gasteiger partial charge in [-0.25, -0.2) is 4.98 Å². The molecule has 1 aromatic heterocycles. The molecule has 0 spiro atoms. The summed E-state index contributed by atoms with van der Waals surface area (Å²) in [5, 5.41) is 13.5. The third-order valence-corrected chi connectivity index (χ3v) is 4.69. The van der Waals surface area contributed by atoms with E-state index in [2.05, 4.69) is 15.2 Å². The number of H-pyrrole nitrogens is 1. The van der Waals surface area contributed by atoms with Gasteiger partial charge >= 0.3 is 0 Å². The zero-order chi connectivity index (χ0) is 20.1. The Hall–Kier alpha value is -3.49. The predicted octanol–water partition coefficient (Wildman–Crippen LogP) is 0.876. The summed E-state index contributed by atoms with van der Waals surface area (Å²) in [5.74, 6) is -0.677. The molecule has 28 heavy (non-hydrogen) atoms. The molecule has 2 aromatic rings. The fourth-order valence-corrected chi connectivity index (χ4v) is 3.15. The van der Waals surface area contributed by atoms with Crippen LogP contribution in [0.1, 0.15) is 17.3 Å². The van der Waals surface area contributed by atoms with Crippen LogP contribution in [-0.4, -0.2) is 53.9 Å². The van der Waals surface area contributed by atoms with E-state index in [9.17, 15) is 19.7 Å². The van der Waals surface area contributed by atoms with Gasteiger partial charge in [-0.3, -0.25) is 19.7 Å². The first kappa shape index (κ1) is 19.3. The van der Waals surface area contributed by atoms with E-state index in [1.54, 1.807) is 11.8 Å². The molecule has 1 aliphatic heterocycles. The summed E-state index contributed by atoms with van der Waals surface area (Å²) in [6.07, 6.45) is 3.72. The van der Waals surface area contributed by atoms with Crippen LogP contribution in [0.25, 0.3) is 0 Å². The third kappa shape index (κ3) is 4.43. The average molecular weight is 384 g/mol. The fourth-order valence-electron chi connectivity index (χ4n) is 3.15. The van der Waals surface area contributed by atoms with E-state index < -0.39 is 16.9 Å². The molecule has 9 heteroatoms. The number of nitrogens with zero attached hydrogens (tertiary/aromatic N) is 3. The molecule has 1 atom stereocenters. The molecular weight excluding hydrogens is 362 g/mol. The van der Waals surface area contributed by atoms with Gasteiger partial charge in [0.1, 0.15) is 6.04 Å². The van der Waals surface area contributed by atoms with Crippen molar-refractivity contribution < 1.29 is 19.5 Å². The van der Waals surface area contributed by atoms with Crippen LogP contribution in [0.15, 0.2) is 48.8 Å². The summed E-state index contributed by atoms with van der Waals surface area (Å²) < 4.78 is 0. The second-order valence-corrected chi connectivity index (χ2v) is 6.57. The smallest absolute Gasteiger partial charge is 0.270 e. The van der Waals surface area contributed by atoms with Gasteiger partial charge in [0.25, 0.3) is 11.6 Å². The Labute approximate surface area is 162 Å². The van der Waals surface area contributed by atoms with E-state index in [1.807, 2.05) is 24.5 Å². The van der Waals surface area contributed by atoms with Crippen LogP contribution >= 0.6 is 0 Å². The first-order valence-corrected chi connectivity index (χ1v) is 9.01. The van der Waals surface area contributed by atoms with Crippen molar-refractivity contribution >= 4 is 23.2 Å². The standard InChI is InChI=1S/C19H21N5O4/c1-14(21-18(25)15-3-2-4-17(13-15)24(27)28)19(26)23-11-9-22(10-12-23)16-5-7-20-8-6-16/h2-8,13-14H,9-12H2,1H3,(H,21,25)/p+1/t14-/m0/s1. The molecule has 3 rings (SSSR count). The second-order valence-electron chi connectivity index (χ2n) is 6.57. The maximum absolute atomic E-state index is 12.7. The molecule has 0 bridgehead atoms. The SMILES string of the molecule is C[C@H](NC(=O)c1cccc([N+](=O)[O-])c1)C(=O)N1CCN(c2cc[nH+]cc2)CC1. The molecule has 0 aliphatic carbocycles. The molecule has 2 N–H and O–H groups in total. The maximum Gasteiger partial charge on any atom is 0.270 e. The van der Waals surface area contributed by atoms with Crippen LogP contribution in [0, 0.1) is 10.1 Å². The molecule has 1 fully saturated rings. The van der Waals surface area contributed by atoms with E-state index in [0.29, 0.717) is 26.2 Å². The normalized spacial score (nSPS) is 15.0. The summed E-state index contributed by atoms with van der Waals surface area (Å²) >= 11 is 0. The number of nitro groups is 1. The van der Waals surface area contributed by atoms with Gasteiger partial charge in [0.15, 0.2) is 12.4 Å². The van der Waals surface area contributed by atoms with Gasteiger partial charge in [-0.15, -0.1) is 0 Å². The number of anilines is 1. The van der Waals surface area contributed by atoms with Gasteiger partial charge in [-0.05, 0) is 13.0 Å². The Morgan fingerprint density at radius 1 is 1.14 bits per heavy atom. The van der Waals surface area contributed by atoms with E-state index in [4.69, 9.17) is 0 Å². The van der Waals surface area contributed by atoms with E-state index >= 15 is 0 Å². The van der Waals surface area contributed by atoms with E-state index in [0.717, 1.165) is 5.69 Å². The minimum Gasteiger partial charge on any atom is -0.368 e. The fraction of sp³-hybridized carbons (Fsp3) is 0.316. The molecular formula is C19H22N5O4+.